The van der Waals surface area contributed by atoms with Crippen LogP contribution in [-0.2, 0) is 22.6 Å². The largest absolute Gasteiger partial charge is 0.342 e. The summed E-state index contributed by atoms with van der Waals surface area (Å²) in [6.45, 7) is 4.35. The molecule has 7 nitrogen and oxygen atoms in total. The van der Waals surface area contributed by atoms with Crippen LogP contribution in [0.25, 0.3) is 0 Å². The minimum absolute atomic E-state index is 0.0852. The molecule has 1 atom stereocenters. The van der Waals surface area contributed by atoms with Crippen molar-refractivity contribution in [3.8, 4) is 0 Å². The SMILES string of the molecule is CNC(C)(C)C(=O)N[C@H](C(=O)N1CCc2cc(=O)n(Cc3ccc(F)cc3)cc21)C1CCCCC1. The molecule has 2 amide bonds. The number of hydrogen-bond acceptors (Lipinski definition) is 4. The molecule has 2 N–H and O–H groups in total. The number of pyridine rings is 1. The van der Waals surface area contributed by atoms with E-state index in [1.165, 1.54) is 12.1 Å². The Morgan fingerprint density at radius 1 is 1.14 bits per heavy atom. The fraction of sp³-hybridized carbons (Fsp3) is 0.519. The van der Waals surface area contributed by atoms with Gasteiger partial charge in [0.1, 0.15) is 11.9 Å². The molecular formula is C27H35FN4O3. The zero-order valence-electron chi connectivity index (χ0n) is 20.8. The summed E-state index contributed by atoms with van der Waals surface area (Å²) < 4.78 is 14.8. The van der Waals surface area contributed by atoms with Gasteiger partial charge in [0.2, 0.25) is 11.8 Å². The molecule has 1 aliphatic carbocycles. The third-order valence-electron chi connectivity index (χ3n) is 7.48. The molecule has 2 aliphatic rings. The Hall–Kier alpha value is -3.00. The minimum atomic E-state index is -0.800. The number of nitrogens with zero attached hydrogens (tertiary/aromatic N) is 2. The van der Waals surface area contributed by atoms with Gasteiger partial charge < -0.3 is 20.1 Å². The van der Waals surface area contributed by atoms with Gasteiger partial charge >= 0.3 is 0 Å². The summed E-state index contributed by atoms with van der Waals surface area (Å²) in [6.07, 6.45) is 7.38. The van der Waals surface area contributed by atoms with Gasteiger partial charge in [-0.1, -0.05) is 31.4 Å². The second-order valence-corrected chi connectivity index (χ2v) is 10.2. The fourth-order valence-corrected chi connectivity index (χ4v) is 4.99. The monoisotopic (exact) mass is 482 g/mol. The van der Waals surface area contributed by atoms with Gasteiger partial charge in [0.25, 0.3) is 5.56 Å². The molecule has 1 aromatic heterocycles. The first-order chi connectivity index (χ1) is 16.7. The lowest BCUT2D eigenvalue weighted by molar-refractivity contribution is -0.132. The highest BCUT2D eigenvalue weighted by Crippen LogP contribution is 2.32. The lowest BCUT2D eigenvalue weighted by Crippen LogP contribution is -2.59. The van der Waals surface area contributed by atoms with E-state index in [9.17, 15) is 18.8 Å². The summed E-state index contributed by atoms with van der Waals surface area (Å²) in [5.41, 5.74) is 1.38. The number of halogens is 1. The predicted molar refractivity (Wildman–Crippen MR) is 134 cm³/mol. The zero-order valence-corrected chi connectivity index (χ0v) is 20.8. The molecule has 2 aromatic rings. The van der Waals surface area contributed by atoms with E-state index < -0.39 is 11.6 Å². The second-order valence-electron chi connectivity index (χ2n) is 10.2. The van der Waals surface area contributed by atoms with Crippen LogP contribution in [0.5, 0.6) is 0 Å². The summed E-state index contributed by atoms with van der Waals surface area (Å²) in [5, 5.41) is 6.08. The molecule has 0 saturated heterocycles. The van der Waals surface area contributed by atoms with E-state index in [2.05, 4.69) is 10.6 Å². The first-order valence-electron chi connectivity index (χ1n) is 12.5. The molecule has 0 radical (unpaired) electrons. The van der Waals surface area contributed by atoms with Crippen LogP contribution in [0.4, 0.5) is 10.1 Å². The predicted octanol–water partition coefficient (Wildman–Crippen LogP) is 2.99. The van der Waals surface area contributed by atoms with Gasteiger partial charge in [-0.2, -0.15) is 0 Å². The van der Waals surface area contributed by atoms with Crippen molar-refractivity contribution in [2.45, 2.75) is 70.5 Å². The smallest absolute Gasteiger partial charge is 0.251 e. The van der Waals surface area contributed by atoms with Crippen molar-refractivity contribution in [1.82, 2.24) is 15.2 Å². The number of likely N-dealkylation sites (N-methyl/N-ethyl adjacent to an activating group) is 1. The standard InChI is InChI=1S/C27H35FN4O3/c1-27(2,29-3)26(35)30-24(19-7-5-4-6-8-19)25(34)32-14-13-20-15-23(33)31(17-22(20)32)16-18-9-11-21(28)12-10-18/h9-12,15,17,19,24,29H,4-8,13-14,16H2,1-3H3,(H,30,35)/t24-/m0/s1. The van der Waals surface area contributed by atoms with Crippen molar-refractivity contribution in [2.75, 3.05) is 18.5 Å². The lowest BCUT2D eigenvalue weighted by atomic mass is 9.83. The van der Waals surface area contributed by atoms with Gasteiger partial charge in [-0.3, -0.25) is 14.4 Å². The molecule has 2 heterocycles. The highest BCUT2D eigenvalue weighted by atomic mass is 19.1. The van der Waals surface area contributed by atoms with Crippen molar-refractivity contribution >= 4 is 17.5 Å². The van der Waals surface area contributed by atoms with Crippen LogP contribution in [0, 0.1) is 11.7 Å². The first-order valence-corrected chi connectivity index (χ1v) is 12.5. The summed E-state index contributed by atoms with van der Waals surface area (Å²) in [6, 6.07) is 7.01. The van der Waals surface area contributed by atoms with Gasteiger partial charge in [0, 0.05) is 18.8 Å². The van der Waals surface area contributed by atoms with Crippen molar-refractivity contribution in [2.24, 2.45) is 5.92 Å². The number of carbonyl (C=O) groups is 2. The molecule has 0 bridgehead atoms. The van der Waals surface area contributed by atoms with Crippen LogP contribution < -0.4 is 21.1 Å². The zero-order chi connectivity index (χ0) is 25.2. The van der Waals surface area contributed by atoms with E-state index >= 15 is 0 Å². The van der Waals surface area contributed by atoms with Gasteiger partial charge in [-0.05, 0) is 69.3 Å². The Bertz CT molecular complexity index is 1140. The van der Waals surface area contributed by atoms with E-state index in [-0.39, 0.29) is 35.7 Å². The number of amides is 2. The van der Waals surface area contributed by atoms with Crippen LogP contribution in [0.3, 0.4) is 0 Å². The van der Waals surface area contributed by atoms with E-state index in [1.807, 2.05) is 0 Å². The number of carbonyl (C=O) groups excluding carboxylic acids is 2. The summed E-state index contributed by atoms with van der Waals surface area (Å²) in [4.78, 5) is 41.4. The molecule has 1 fully saturated rings. The summed E-state index contributed by atoms with van der Waals surface area (Å²) in [7, 11) is 1.73. The molecule has 4 rings (SSSR count). The quantitative estimate of drug-likeness (QED) is 0.636. The van der Waals surface area contributed by atoms with Crippen molar-refractivity contribution < 1.29 is 14.0 Å². The number of hydrogen-bond donors (Lipinski definition) is 2. The first kappa shape index (κ1) is 25.1. The Morgan fingerprint density at radius 3 is 2.49 bits per heavy atom. The molecule has 8 heteroatoms. The average Bonchev–Trinajstić information content (AvgIpc) is 3.26. The topological polar surface area (TPSA) is 83.4 Å². The highest BCUT2D eigenvalue weighted by molar-refractivity contribution is 6.01. The number of aromatic nitrogens is 1. The maximum Gasteiger partial charge on any atom is 0.251 e. The van der Waals surface area contributed by atoms with E-state index in [0.29, 0.717) is 18.7 Å². The maximum absolute atomic E-state index is 13.9. The van der Waals surface area contributed by atoms with Crippen LogP contribution in [0.15, 0.2) is 41.3 Å². The minimum Gasteiger partial charge on any atom is -0.342 e. The molecule has 0 unspecified atom stereocenters. The van der Waals surface area contributed by atoms with Crippen molar-refractivity contribution in [3.63, 3.8) is 0 Å². The lowest BCUT2D eigenvalue weighted by Gasteiger charge is -2.35. The summed E-state index contributed by atoms with van der Waals surface area (Å²) >= 11 is 0. The Morgan fingerprint density at radius 2 is 1.83 bits per heavy atom. The van der Waals surface area contributed by atoms with Gasteiger partial charge in [-0.25, -0.2) is 4.39 Å². The van der Waals surface area contributed by atoms with Gasteiger partial charge in [0.15, 0.2) is 0 Å². The third-order valence-corrected chi connectivity index (χ3v) is 7.48. The number of fused-ring (bicyclic) bond motifs is 1. The van der Waals surface area contributed by atoms with Crippen LogP contribution in [0.1, 0.15) is 57.1 Å². The van der Waals surface area contributed by atoms with E-state index in [1.54, 1.807) is 54.8 Å². The van der Waals surface area contributed by atoms with Crippen molar-refractivity contribution in [1.29, 1.82) is 0 Å². The molecular weight excluding hydrogens is 447 g/mol. The van der Waals surface area contributed by atoms with Gasteiger partial charge in [-0.15, -0.1) is 0 Å². The molecule has 188 valence electrons. The fourth-order valence-electron chi connectivity index (χ4n) is 4.99. The van der Waals surface area contributed by atoms with Crippen LogP contribution >= 0.6 is 0 Å². The number of benzene rings is 1. The normalized spacial score (nSPS) is 17.2. The maximum atomic E-state index is 13.9. The number of anilines is 1. The number of nitrogens with one attached hydrogen (secondary N) is 2. The van der Waals surface area contributed by atoms with Crippen molar-refractivity contribution in [3.05, 3.63) is 63.8 Å². The third kappa shape index (κ3) is 5.48. The number of rotatable bonds is 7. The molecule has 1 aliphatic heterocycles. The van der Waals surface area contributed by atoms with E-state index in [4.69, 9.17) is 0 Å². The summed E-state index contributed by atoms with van der Waals surface area (Å²) in [5.74, 6) is -0.571. The molecule has 0 spiro atoms. The second kappa shape index (κ2) is 10.3. The van der Waals surface area contributed by atoms with E-state index in [0.717, 1.165) is 43.2 Å². The van der Waals surface area contributed by atoms with Crippen LogP contribution in [0.2, 0.25) is 0 Å². The van der Waals surface area contributed by atoms with Gasteiger partial charge in [0.05, 0.1) is 17.8 Å². The Labute approximate surface area is 205 Å². The average molecular weight is 483 g/mol. The molecule has 1 saturated carbocycles. The van der Waals surface area contributed by atoms with Crippen LogP contribution in [-0.4, -0.2) is 41.6 Å². The highest BCUT2D eigenvalue weighted by Gasteiger charge is 2.39. The molecule has 35 heavy (non-hydrogen) atoms. The Kier molecular flexibility index (Phi) is 7.40. The Balaban J connectivity index is 1.62. The molecule has 1 aromatic carbocycles.